The molecule has 1 aliphatic carbocycles. The lowest BCUT2D eigenvalue weighted by Crippen LogP contribution is -2.31. The zero-order valence-electron chi connectivity index (χ0n) is 12.8. The Morgan fingerprint density at radius 2 is 2.15 bits per heavy atom. The highest BCUT2D eigenvalue weighted by atomic mass is 15.3. The van der Waals surface area contributed by atoms with E-state index in [4.69, 9.17) is 0 Å². The molecule has 3 unspecified atom stereocenters. The van der Waals surface area contributed by atoms with E-state index in [0.717, 1.165) is 29.7 Å². The second-order valence-corrected chi connectivity index (χ2v) is 6.32. The van der Waals surface area contributed by atoms with Crippen LogP contribution in [-0.2, 0) is 13.6 Å². The van der Waals surface area contributed by atoms with Gasteiger partial charge in [0.15, 0.2) is 5.65 Å². The summed E-state index contributed by atoms with van der Waals surface area (Å²) >= 11 is 0. The number of aromatic nitrogens is 3. The van der Waals surface area contributed by atoms with Crippen LogP contribution in [0.25, 0.3) is 11.0 Å². The van der Waals surface area contributed by atoms with Gasteiger partial charge in [-0.3, -0.25) is 4.68 Å². The fourth-order valence-corrected chi connectivity index (χ4v) is 3.35. The second-order valence-electron chi connectivity index (χ2n) is 6.32. The molecule has 1 N–H and O–H groups in total. The first kappa shape index (κ1) is 13.6. The molecule has 20 heavy (non-hydrogen) atoms. The number of aryl methyl sites for hydroxylation is 2. The fourth-order valence-electron chi connectivity index (χ4n) is 3.35. The van der Waals surface area contributed by atoms with Gasteiger partial charge < -0.3 is 5.32 Å². The van der Waals surface area contributed by atoms with E-state index in [1.165, 1.54) is 23.8 Å². The average Bonchev–Trinajstić information content (AvgIpc) is 2.90. The first-order chi connectivity index (χ1) is 9.56. The van der Waals surface area contributed by atoms with E-state index in [1.807, 2.05) is 24.9 Å². The molecule has 3 atom stereocenters. The van der Waals surface area contributed by atoms with E-state index < -0.39 is 0 Å². The van der Waals surface area contributed by atoms with Crippen molar-refractivity contribution in [2.75, 3.05) is 0 Å². The van der Waals surface area contributed by atoms with Crippen molar-refractivity contribution in [2.24, 2.45) is 18.9 Å². The molecule has 1 saturated carbocycles. The second kappa shape index (κ2) is 5.17. The predicted molar refractivity (Wildman–Crippen MR) is 81.4 cm³/mol. The topological polar surface area (TPSA) is 42.7 Å². The van der Waals surface area contributed by atoms with E-state index in [0.29, 0.717) is 6.04 Å². The van der Waals surface area contributed by atoms with Crippen LogP contribution in [0.15, 0.2) is 12.3 Å². The third-order valence-electron chi connectivity index (χ3n) is 4.95. The maximum Gasteiger partial charge on any atom is 0.157 e. The van der Waals surface area contributed by atoms with E-state index >= 15 is 0 Å². The molecule has 0 saturated heterocycles. The molecule has 3 rings (SSSR count). The first-order valence-electron chi connectivity index (χ1n) is 7.58. The molecule has 4 nitrogen and oxygen atoms in total. The monoisotopic (exact) mass is 272 g/mol. The molecule has 0 aromatic carbocycles. The Labute approximate surface area is 120 Å². The molecule has 0 aliphatic heterocycles. The summed E-state index contributed by atoms with van der Waals surface area (Å²) in [7, 11) is 1.95. The van der Waals surface area contributed by atoms with Gasteiger partial charge in [0.2, 0.25) is 0 Å². The predicted octanol–water partition coefficient (Wildman–Crippen LogP) is 2.80. The average molecular weight is 272 g/mol. The van der Waals surface area contributed by atoms with Crippen LogP contribution in [0, 0.1) is 18.8 Å². The van der Waals surface area contributed by atoms with Crippen LogP contribution in [0.3, 0.4) is 0 Å². The number of hydrogen-bond donors (Lipinski definition) is 1. The molecule has 2 heterocycles. The quantitative estimate of drug-likeness (QED) is 0.934. The normalized spacial score (nSPS) is 26.5. The van der Waals surface area contributed by atoms with E-state index in [9.17, 15) is 0 Å². The number of fused-ring (bicyclic) bond motifs is 1. The summed E-state index contributed by atoms with van der Waals surface area (Å²) in [5.74, 6) is 1.61. The van der Waals surface area contributed by atoms with Crippen LogP contribution >= 0.6 is 0 Å². The van der Waals surface area contributed by atoms with Crippen LogP contribution in [0.5, 0.6) is 0 Å². The third kappa shape index (κ3) is 2.33. The fraction of sp³-hybridized carbons (Fsp3) is 0.625. The molecule has 1 aliphatic rings. The van der Waals surface area contributed by atoms with Crippen molar-refractivity contribution in [3.8, 4) is 0 Å². The largest absolute Gasteiger partial charge is 0.310 e. The maximum atomic E-state index is 4.54. The summed E-state index contributed by atoms with van der Waals surface area (Å²) in [6.45, 7) is 7.67. The smallest absolute Gasteiger partial charge is 0.157 e. The van der Waals surface area contributed by atoms with Crippen molar-refractivity contribution in [3.05, 3.63) is 23.5 Å². The summed E-state index contributed by atoms with van der Waals surface area (Å²) in [4.78, 5) is 4.54. The highest BCUT2D eigenvalue weighted by Crippen LogP contribution is 2.31. The van der Waals surface area contributed by atoms with Gasteiger partial charge in [0.25, 0.3) is 0 Å². The van der Waals surface area contributed by atoms with Crippen LogP contribution in [0.1, 0.15) is 37.9 Å². The number of pyridine rings is 1. The van der Waals surface area contributed by atoms with Crippen LogP contribution < -0.4 is 5.32 Å². The summed E-state index contributed by atoms with van der Waals surface area (Å²) in [6, 6.07) is 2.87. The Morgan fingerprint density at radius 3 is 2.85 bits per heavy atom. The molecule has 0 bridgehead atoms. The van der Waals surface area contributed by atoms with Gasteiger partial charge in [-0.25, -0.2) is 4.98 Å². The lowest BCUT2D eigenvalue weighted by atomic mass is 9.98. The summed E-state index contributed by atoms with van der Waals surface area (Å²) in [6.07, 6.45) is 4.61. The summed E-state index contributed by atoms with van der Waals surface area (Å²) < 4.78 is 1.85. The van der Waals surface area contributed by atoms with E-state index in [-0.39, 0.29) is 0 Å². The van der Waals surface area contributed by atoms with Crippen LogP contribution in [-0.4, -0.2) is 20.8 Å². The molecule has 1 fully saturated rings. The zero-order chi connectivity index (χ0) is 14.3. The minimum atomic E-state index is 0.649. The van der Waals surface area contributed by atoms with Crippen molar-refractivity contribution in [3.63, 3.8) is 0 Å². The SMILES string of the molecule is Cc1nn(C)c2ncc(CNC3CCC(C)C3C)cc12. The Balaban J connectivity index is 1.73. The van der Waals surface area contributed by atoms with Gasteiger partial charge in [0, 0.05) is 31.2 Å². The Morgan fingerprint density at radius 1 is 1.35 bits per heavy atom. The minimum Gasteiger partial charge on any atom is -0.310 e. The summed E-state index contributed by atoms with van der Waals surface area (Å²) in [5.41, 5.74) is 3.27. The Hall–Kier alpha value is -1.42. The minimum absolute atomic E-state index is 0.649. The maximum absolute atomic E-state index is 4.54. The summed E-state index contributed by atoms with van der Waals surface area (Å²) in [5, 5.41) is 9.29. The van der Waals surface area contributed by atoms with Crippen LogP contribution in [0.2, 0.25) is 0 Å². The van der Waals surface area contributed by atoms with Gasteiger partial charge in [-0.15, -0.1) is 0 Å². The highest BCUT2D eigenvalue weighted by Gasteiger charge is 2.29. The number of rotatable bonds is 3. The lowest BCUT2D eigenvalue weighted by Gasteiger charge is -2.19. The molecule has 0 spiro atoms. The standard InChI is InChI=1S/C16H24N4/c1-10-5-6-15(11(10)2)17-8-13-7-14-12(3)19-20(4)16(14)18-9-13/h7,9-11,15,17H,5-6,8H2,1-4H3. The van der Waals surface area contributed by atoms with Crippen LogP contribution in [0.4, 0.5) is 0 Å². The highest BCUT2D eigenvalue weighted by molar-refractivity contribution is 5.78. The third-order valence-corrected chi connectivity index (χ3v) is 4.95. The van der Waals surface area contributed by atoms with Crippen molar-refractivity contribution >= 4 is 11.0 Å². The van der Waals surface area contributed by atoms with Crippen molar-refractivity contribution in [2.45, 2.75) is 46.2 Å². The van der Waals surface area contributed by atoms with Gasteiger partial charge >= 0.3 is 0 Å². The molecule has 4 heteroatoms. The van der Waals surface area contributed by atoms with Crippen molar-refractivity contribution < 1.29 is 0 Å². The molecule has 0 radical (unpaired) electrons. The molecule has 2 aromatic rings. The Kier molecular flexibility index (Phi) is 3.50. The van der Waals surface area contributed by atoms with E-state index in [2.05, 4.69) is 35.3 Å². The number of nitrogens with zero attached hydrogens (tertiary/aromatic N) is 3. The first-order valence-corrected chi connectivity index (χ1v) is 7.58. The molecule has 108 valence electrons. The van der Waals surface area contributed by atoms with Gasteiger partial charge in [-0.2, -0.15) is 5.10 Å². The molecular formula is C16H24N4. The van der Waals surface area contributed by atoms with Crippen molar-refractivity contribution in [1.29, 1.82) is 0 Å². The molecular weight excluding hydrogens is 248 g/mol. The van der Waals surface area contributed by atoms with Crippen molar-refractivity contribution in [1.82, 2.24) is 20.1 Å². The van der Waals surface area contributed by atoms with Gasteiger partial charge in [-0.1, -0.05) is 13.8 Å². The Bertz CT molecular complexity index is 616. The van der Waals surface area contributed by atoms with Gasteiger partial charge in [0.1, 0.15) is 0 Å². The number of hydrogen-bond acceptors (Lipinski definition) is 3. The van der Waals surface area contributed by atoms with Gasteiger partial charge in [0.05, 0.1) is 5.69 Å². The zero-order valence-corrected chi connectivity index (χ0v) is 12.8. The van der Waals surface area contributed by atoms with E-state index in [1.54, 1.807) is 0 Å². The molecule has 0 amide bonds. The number of nitrogens with one attached hydrogen (secondary N) is 1. The van der Waals surface area contributed by atoms with Gasteiger partial charge in [-0.05, 0) is 43.2 Å². The lowest BCUT2D eigenvalue weighted by molar-refractivity contribution is 0.370. The molecule has 2 aromatic heterocycles.